The van der Waals surface area contributed by atoms with Crippen molar-refractivity contribution in [2.75, 3.05) is 17.6 Å². The van der Waals surface area contributed by atoms with Gasteiger partial charge in [-0.2, -0.15) is 4.98 Å². The van der Waals surface area contributed by atoms with Crippen molar-refractivity contribution in [3.63, 3.8) is 0 Å². The van der Waals surface area contributed by atoms with E-state index in [4.69, 9.17) is 17.3 Å². The third kappa shape index (κ3) is 3.29. The van der Waals surface area contributed by atoms with Crippen LogP contribution in [0.5, 0.6) is 0 Å². The second kappa shape index (κ2) is 5.45. The van der Waals surface area contributed by atoms with E-state index < -0.39 is 0 Å². The molecule has 0 aliphatic rings. The van der Waals surface area contributed by atoms with Gasteiger partial charge in [-0.1, -0.05) is 11.6 Å². The van der Waals surface area contributed by atoms with Gasteiger partial charge < -0.3 is 11.1 Å². The summed E-state index contributed by atoms with van der Waals surface area (Å²) in [5, 5.41) is 3.59. The number of hydrogen-bond acceptors (Lipinski definition) is 5. The number of halogens is 1. The molecule has 2 aromatic rings. The van der Waals surface area contributed by atoms with Gasteiger partial charge in [0.15, 0.2) is 0 Å². The second-order valence-corrected chi connectivity index (χ2v) is 3.86. The maximum atomic E-state index is 5.92. The smallest absolute Gasteiger partial charge is 0.222 e. The van der Waals surface area contributed by atoms with Gasteiger partial charge in [-0.05, 0) is 24.1 Å². The average molecular weight is 250 g/mol. The molecule has 5 nitrogen and oxygen atoms in total. The molecule has 0 radical (unpaired) electrons. The number of nitrogens with zero attached hydrogens (tertiary/aromatic N) is 3. The van der Waals surface area contributed by atoms with Crippen molar-refractivity contribution in [2.45, 2.75) is 6.42 Å². The molecule has 3 N–H and O–H groups in total. The van der Waals surface area contributed by atoms with Gasteiger partial charge in [-0.25, -0.2) is 4.98 Å². The molecule has 0 unspecified atom stereocenters. The summed E-state index contributed by atoms with van der Waals surface area (Å²) in [6.45, 7) is 0.722. The molecule has 0 aliphatic carbocycles. The lowest BCUT2D eigenvalue weighted by Crippen LogP contribution is -2.08. The van der Waals surface area contributed by atoms with Crippen molar-refractivity contribution >= 4 is 23.4 Å². The summed E-state index contributed by atoms with van der Waals surface area (Å²) < 4.78 is 0. The minimum absolute atomic E-state index is 0.209. The zero-order valence-electron chi connectivity index (χ0n) is 9.10. The molecular formula is C11H12ClN5. The van der Waals surface area contributed by atoms with Gasteiger partial charge in [0.25, 0.3) is 0 Å². The zero-order valence-corrected chi connectivity index (χ0v) is 9.85. The molecule has 0 atom stereocenters. The second-order valence-electron chi connectivity index (χ2n) is 3.46. The molecule has 0 saturated heterocycles. The Morgan fingerprint density at radius 1 is 1.29 bits per heavy atom. The minimum atomic E-state index is 0.209. The maximum Gasteiger partial charge on any atom is 0.222 e. The highest BCUT2D eigenvalue weighted by Crippen LogP contribution is 2.18. The molecule has 2 aromatic heterocycles. The third-order valence-electron chi connectivity index (χ3n) is 2.22. The molecule has 2 rings (SSSR count). The van der Waals surface area contributed by atoms with E-state index in [1.54, 1.807) is 12.4 Å². The van der Waals surface area contributed by atoms with Crippen LogP contribution in [0.2, 0.25) is 5.02 Å². The van der Waals surface area contributed by atoms with Crippen molar-refractivity contribution in [3.05, 3.63) is 41.3 Å². The topological polar surface area (TPSA) is 76.7 Å². The Morgan fingerprint density at radius 3 is 2.82 bits per heavy atom. The van der Waals surface area contributed by atoms with Crippen LogP contribution < -0.4 is 11.1 Å². The number of pyridine rings is 1. The highest BCUT2D eigenvalue weighted by molar-refractivity contribution is 6.32. The maximum absolute atomic E-state index is 5.92. The Bertz CT molecular complexity index is 488. The fraction of sp³-hybridized carbons (Fsp3) is 0.182. The van der Waals surface area contributed by atoms with Crippen molar-refractivity contribution < 1.29 is 0 Å². The number of nitrogens with one attached hydrogen (secondary N) is 1. The minimum Gasteiger partial charge on any atom is -0.368 e. The first-order valence-corrected chi connectivity index (χ1v) is 5.54. The van der Waals surface area contributed by atoms with E-state index in [-0.39, 0.29) is 5.95 Å². The van der Waals surface area contributed by atoms with Crippen LogP contribution in [0.25, 0.3) is 0 Å². The Hall–Kier alpha value is -1.88. The summed E-state index contributed by atoms with van der Waals surface area (Å²) in [6.07, 6.45) is 5.89. The van der Waals surface area contributed by atoms with E-state index in [0.717, 1.165) is 13.0 Å². The molecule has 0 spiro atoms. The molecular weight excluding hydrogens is 238 g/mol. The van der Waals surface area contributed by atoms with Crippen LogP contribution in [0.15, 0.2) is 30.7 Å². The average Bonchev–Trinajstić information content (AvgIpc) is 2.35. The van der Waals surface area contributed by atoms with Gasteiger partial charge in [-0.3, -0.25) is 4.98 Å². The van der Waals surface area contributed by atoms with Gasteiger partial charge in [-0.15, -0.1) is 0 Å². The molecule has 0 saturated carbocycles. The lowest BCUT2D eigenvalue weighted by molar-refractivity contribution is 0.996. The normalized spacial score (nSPS) is 10.2. The van der Waals surface area contributed by atoms with Crippen molar-refractivity contribution in [3.8, 4) is 0 Å². The number of rotatable bonds is 4. The summed E-state index contributed by atoms with van der Waals surface area (Å²) in [5.41, 5.74) is 6.68. The largest absolute Gasteiger partial charge is 0.368 e. The van der Waals surface area contributed by atoms with Crippen LogP contribution in [0, 0.1) is 0 Å². The third-order valence-corrected chi connectivity index (χ3v) is 2.49. The lowest BCUT2D eigenvalue weighted by Gasteiger charge is -2.07. The summed E-state index contributed by atoms with van der Waals surface area (Å²) in [5.74, 6) is 0.772. The fourth-order valence-corrected chi connectivity index (χ4v) is 1.54. The zero-order chi connectivity index (χ0) is 12.1. The Morgan fingerprint density at radius 2 is 2.06 bits per heavy atom. The quantitative estimate of drug-likeness (QED) is 0.864. The Balaban J connectivity index is 1.92. The van der Waals surface area contributed by atoms with Crippen LogP contribution in [0.1, 0.15) is 5.56 Å². The highest BCUT2D eigenvalue weighted by atomic mass is 35.5. The molecule has 17 heavy (non-hydrogen) atoms. The number of aromatic nitrogens is 3. The number of nitrogen functional groups attached to an aromatic ring is 1. The van der Waals surface area contributed by atoms with Gasteiger partial charge in [0.2, 0.25) is 5.95 Å². The lowest BCUT2D eigenvalue weighted by atomic mass is 10.2. The Labute approximate surface area is 104 Å². The predicted octanol–water partition coefficient (Wildman–Crippen LogP) is 1.76. The molecule has 0 amide bonds. The van der Waals surface area contributed by atoms with Crippen LogP contribution in [0.3, 0.4) is 0 Å². The summed E-state index contributed by atoms with van der Waals surface area (Å²) in [6, 6.07) is 3.94. The van der Waals surface area contributed by atoms with E-state index in [0.29, 0.717) is 10.8 Å². The van der Waals surface area contributed by atoms with E-state index in [1.807, 2.05) is 12.1 Å². The highest BCUT2D eigenvalue weighted by Gasteiger charge is 2.02. The molecule has 0 fully saturated rings. The summed E-state index contributed by atoms with van der Waals surface area (Å²) in [7, 11) is 0. The van der Waals surface area contributed by atoms with Gasteiger partial charge in [0.1, 0.15) is 10.8 Å². The van der Waals surface area contributed by atoms with Crippen molar-refractivity contribution in [2.24, 2.45) is 0 Å². The molecule has 0 aliphatic heterocycles. The predicted molar refractivity (Wildman–Crippen MR) is 67.9 cm³/mol. The monoisotopic (exact) mass is 249 g/mol. The van der Waals surface area contributed by atoms with E-state index in [9.17, 15) is 0 Å². The van der Waals surface area contributed by atoms with Gasteiger partial charge in [0, 0.05) is 18.9 Å². The van der Waals surface area contributed by atoms with E-state index >= 15 is 0 Å². The van der Waals surface area contributed by atoms with Crippen molar-refractivity contribution in [1.29, 1.82) is 0 Å². The number of nitrogens with two attached hydrogens (primary N) is 1. The summed E-state index contributed by atoms with van der Waals surface area (Å²) >= 11 is 5.92. The first-order valence-electron chi connectivity index (χ1n) is 5.16. The fourth-order valence-electron chi connectivity index (χ4n) is 1.38. The Kier molecular flexibility index (Phi) is 3.72. The van der Waals surface area contributed by atoms with Crippen LogP contribution in [0.4, 0.5) is 11.8 Å². The van der Waals surface area contributed by atoms with E-state index in [1.165, 1.54) is 11.8 Å². The van der Waals surface area contributed by atoms with Gasteiger partial charge in [0.05, 0.1) is 6.20 Å². The van der Waals surface area contributed by atoms with Crippen LogP contribution in [-0.4, -0.2) is 21.5 Å². The first-order chi connectivity index (χ1) is 8.25. The van der Waals surface area contributed by atoms with Crippen LogP contribution in [-0.2, 0) is 6.42 Å². The molecule has 6 heteroatoms. The molecule has 88 valence electrons. The SMILES string of the molecule is Nc1ncc(Cl)c(NCCc2ccncc2)n1. The molecule has 0 bridgehead atoms. The van der Waals surface area contributed by atoms with Gasteiger partial charge >= 0.3 is 0 Å². The van der Waals surface area contributed by atoms with Crippen molar-refractivity contribution in [1.82, 2.24) is 15.0 Å². The number of hydrogen-bond donors (Lipinski definition) is 2. The first kappa shape index (κ1) is 11.6. The van der Waals surface area contributed by atoms with Crippen LogP contribution >= 0.6 is 11.6 Å². The molecule has 2 heterocycles. The molecule has 0 aromatic carbocycles. The van der Waals surface area contributed by atoms with E-state index in [2.05, 4.69) is 20.3 Å². The summed E-state index contributed by atoms with van der Waals surface area (Å²) in [4.78, 5) is 11.8. The standard InChI is InChI=1S/C11H12ClN5/c12-9-7-16-11(13)17-10(9)15-6-3-8-1-4-14-5-2-8/h1-2,4-5,7H,3,6H2,(H3,13,15,16,17). The number of anilines is 2.